The summed E-state index contributed by atoms with van der Waals surface area (Å²) < 4.78 is 0. The summed E-state index contributed by atoms with van der Waals surface area (Å²) in [7, 11) is 0. The zero-order valence-electron chi connectivity index (χ0n) is 12.3. The lowest BCUT2D eigenvalue weighted by Crippen LogP contribution is -2.30. The number of carbonyl (C=O) groups is 1. The molecule has 0 fully saturated rings. The fourth-order valence-corrected chi connectivity index (χ4v) is 1.95. The van der Waals surface area contributed by atoms with Crippen LogP contribution in [0.15, 0.2) is 18.2 Å². The number of nitrogen functional groups attached to an aromatic ring is 1. The van der Waals surface area contributed by atoms with Gasteiger partial charge in [-0.05, 0) is 45.4 Å². The van der Waals surface area contributed by atoms with Crippen molar-refractivity contribution in [3.8, 4) is 0 Å². The molecule has 1 aromatic rings. The molecular weight excluding hydrogens is 238 g/mol. The smallest absolute Gasteiger partial charge is 0.251 e. The molecular formula is C15H25N3O. The summed E-state index contributed by atoms with van der Waals surface area (Å²) in [6.45, 7) is 8.15. The average molecular weight is 263 g/mol. The van der Waals surface area contributed by atoms with Gasteiger partial charge < -0.3 is 16.4 Å². The number of hydrogen-bond donors (Lipinski definition) is 3. The lowest BCUT2D eigenvalue weighted by molar-refractivity contribution is 0.0943. The Morgan fingerprint density at radius 3 is 2.53 bits per heavy atom. The number of nitrogens with one attached hydrogen (secondary N) is 2. The molecule has 0 aliphatic carbocycles. The number of hydrogen-bond acceptors (Lipinski definition) is 3. The predicted molar refractivity (Wildman–Crippen MR) is 81.4 cm³/mol. The van der Waals surface area contributed by atoms with Crippen molar-refractivity contribution in [1.82, 2.24) is 5.32 Å². The van der Waals surface area contributed by atoms with Crippen LogP contribution in [0.2, 0.25) is 0 Å². The van der Waals surface area contributed by atoms with Crippen LogP contribution in [-0.4, -0.2) is 18.0 Å². The molecule has 0 aliphatic rings. The van der Waals surface area contributed by atoms with Gasteiger partial charge in [-0.3, -0.25) is 4.79 Å². The standard InChI is InChI=1S/C15H25N3O/c1-5-6-11(4)18-14-8-7-12(9-13(14)16)15(19)17-10(2)3/h7-11,18H,5-6,16H2,1-4H3,(H,17,19)/t11-/m0/s1. The molecule has 0 unspecified atom stereocenters. The second-order valence-corrected chi connectivity index (χ2v) is 5.26. The molecule has 4 N–H and O–H groups in total. The summed E-state index contributed by atoms with van der Waals surface area (Å²) in [5.74, 6) is -0.0881. The summed E-state index contributed by atoms with van der Waals surface area (Å²) in [4.78, 5) is 11.9. The highest BCUT2D eigenvalue weighted by molar-refractivity contribution is 5.96. The Balaban J connectivity index is 2.77. The maximum absolute atomic E-state index is 11.9. The van der Waals surface area contributed by atoms with Crippen LogP contribution in [-0.2, 0) is 0 Å². The largest absolute Gasteiger partial charge is 0.397 e. The molecule has 0 aromatic heterocycles. The lowest BCUT2D eigenvalue weighted by Gasteiger charge is -2.17. The normalized spacial score (nSPS) is 12.3. The molecule has 106 valence electrons. The van der Waals surface area contributed by atoms with E-state index < -0.39 is 0 Å². The zero-order chi connectivity index (χ0) is 14.4. The highest BCUT2D eigenvalue weighted by Crippen LogP contribution is 2.21. The van der Waals surface area contributed by atoms with Gasteiger partial charge in [0.25, 0.3) is 5.91 Å². The third-order valence-corrected chi connectivity index (χ3v) is 2.86. The van der Waals surface area contributed by atoms with Crippen molar-refractivity contribution in [2.75, 3.05) is 11.1 Å². The molecule has 1 aromatic carbocycles. The van der Waals surface area contributed by atoms with E-state index in [4.69, 9.17) is 5.73 Å². The Kier molecular flexibility index (Phi) is 5.67. The molecule has 1 amide bonds. The van der Waals surface area contributed by atoms with Gasteiger partial charge in [-0.1, -0.05) is 13.3 Å². The molecule has 0 bridgehead atoms. The maximum Gasteiger partial charge on any atom is 0.251 e. The van der Waals surface area contributed by atoms with E-state index in [0.29, 0.717) is 17.3 Å². The maximum atomic E-state index is 11.9. The van der Waals surface area contributed by atoms with Crippen molar-refractivity contribution >= 4 is 17.3 Å². The minimum Gasteiger partial charge on any atom is -0.397 e. The van der Waals surface area contributed by atoms with Crippen LogP contribution in [0.3, 0.4) is 0 Å². The van der Waals surface area contributed by atoms with E-state index in [-0.39, 0.29) is 11.9 Å². The van der Waals surface area contributed by atoms with Crippen molar-refractivity contribution in [2.24, 2.45) is 0 Å². The lowest BCUT2D eigenvalue weighted by atomic mass is 10.1. The Bertz CT molecular complexity index is 429. The fraction of sp³-hybridized carbons (Fsp3) is 0.533. The monoisotopic (exact) mass is 263 g/mol. The number of amides is 1. The molecule has 0 heterocycles. The topological polar surface area (TPSA) is 67.2 Å². The van der Waals surface area contributed by atoms with E-state index in [9.17, 15) is 4.79 Å². The first-order valence-electron chi connectivity index (χ1n) is 6.91. The molecule has 0 aliphatic heterocycles. The van der Waals surface area contributed by atoms with Crippen LogP contribution in [0.4, 0.5) is 11.4 Å². The highest BCUT2D eigenvalue weighted by Gasteiger charge is 2.10. The third-order valence-electron chi connectivity index (χ3n) is 2.86. The van der Waals surface area contributed by atoms with E-state index in [1.165, 1.54) is 0 Å². The van der Waals surface area contributed by atoms with Gasteiger partial charge in [0.15, 0.2) is 0 Å². The molecule has 4 nitrogen and oxygen atoms in total. The predicted octanol–water partition coefficient (Wildman–Crippen LogP) is 3.01. The first-order valence-corrected chi connectivity index (χ1v) is 6.91. The molecule has 4 heteroatoms. The molecule has 19 heavy (non-hydrogen) atoms. The molecule has 0 saturated heterocycles. The van der Waals surface area contributed by atoms with E-state index >= 15 is 0 Å². The number of benzene rings is 1. The summed E-state index contributed by atoms with van der Waals surface area (Å²) in [6.07, 6.45) is 2.22. The van der Waals surface area contributed by atoms with Gasteiger partial charge in [0.1, 0.15) is 0 Å². The van der Waals surface area contributed by atoms with Gasteiger partial charge >= 0.3 is 0 Å². The number of carbonyl (C=O) groups excluding carboxylic acids is 1. The van der Waals surface area contributed by atoms with Crippen LogP contribution >= 0.6 is 0 Å². The molecule has 0 radical (unpaired) electrons. The highest BCUT2D eigenvalue weighted by atomic mass is 16.1. The van der Waals surface area contributed by atoms with Crippen LogP contribution in [0.1, 0.15) is 50.9 Å². The molecule has 0 saturated carbocycles. The van der Waals surface area contributed by atoms with Gasteiger partial charge in [-0.25, -0.2) is 0 Å². The third kappa shape index (κ3) is 4.81. The van der Waals surface area contributed by atoms with Gasteiger partial charge in [-0.15, -0.1) is 0 Å². The Morgan fingerprint density at radius 2 is 2.00 bits per heavy atom. The minimum atomic E-state index is -0.0881. The first-order chi connectivity index (χ1) is 8.93. The van der Waals surface area contributed by atoms with E-state index in [1.54, 1.807) is 12.1 Å². The number of rotatable bonds is 6. The molecule has 1 atom stereocenters. The summed E-state index contributed by atoms with van der Waals surface area (Å²) in [5.41, 5.74) is 8.09. The van der Waals surface area contributed by atoms with E-state index in [0.717, 1.165) is 18.5 Å². The summed E-state index contributed by atoms with van der Waals surface area (Å²) >= 11 is 0. The van der Waals surface area contributed by atoms with Crippen molar-refractivity contribution < 1.29 is 4.79 Å². The summed E-state index contributed by atoms with van der Waals surface area (Å²) in [6, 6.07) is 5.89. The number of nitrogens with two attached hydrogens (primary N) is 1. The van der Waals surface area contributed by atoms with Crippen molar-refractivity contribution in [1.29, 1.82) is 0 Å². The summed E-state index contributed by atoms with van der Waals surface area (Å²) in [5, 5.41) is 6.21. The Labute approximate surface area is 115 Å². The molecule has 0 spiro atoms. The average Bonchev–Trinajstić information content (AvgIpc) is 2.31. The van der Waals surface area contributed by atoms with Gasteiger partial charge in [0.2, 0.25) is 0 Å². The van der Waals surface area contributed by atoms with Gasteiger partial charge in [-0.2, -0.15) is 0 Å². The quantitative estimate of drug-likeness (QED) is 0.691. The first kappa shape index (κ1) is 15.3. The minimum absolute atomic E-state index is 0.0881. The van der Waals surface area contributed by atoms with Gasteiger partial charge in [0, 0.05) is 17.6 Å². The fourth-order valence-electron chi connectivity index (χ4n) is 1.95. The van der Waals surface area contributed by atoms with E-state index in [1.807, 2.05) is 19.9 Å². The Morgan fingerprint density at radius 1 is 1.32 bits per heavy atom. The molecule has 1 rings (SSSR count). The van der Waals surface area contributed by atoms with Gasteiger partial charge in [0.05, 0.1) is 11.4 Å². The van der Waals surface area contributed by atoms with Crippen molar-refractivity contribution in [2.45, 2.75) is 52.6 Å². The number of anilines is 2. The van der Waals surface area contributed by atoms with Crippen LogP contribution in [0.5, 0.6) is 0 Å². The van der Waals surface area contributed by atoms with Crippen molar-refractivity contribution in [3.05, 3.63) is 23.8 Å². The Hall–Kier alpha value is -1.71. The SMILES string of the molecule is CCC[C@H](C)Nc1ccc(C(=O)NC(C)C)cc1N. The van der Waals surface area contributed by atoms with Crippen LogP contribution in [0.25, 0.3) is 0 Å². The second kappa shape index (κ2) is 7.02. The van der Waals surface area contributed by atoms with Crippen LogP contribution < -0.4 is 16.4 Å². The van der Waals surface area contributed by atoms with Crippen LogP contribution in [0, 0.1) is 0 Å². The van der Waals surface area contributed by atoms with Crippen molar-refractivity contribution in [3.63, 3.8) is 0 Å². The zero-order valence-corrected chi connectivity index (χ0v) is 12.3. The second-order valence-electron chi connectivity index (χ2n) is 5.26. The van der Waals surface area contributed by atoms with E-state index in [2.05, 4.69) is 24.5 Å².